The summed E-state index contributed by atoms with van der Waals surface area (Å²) in [4.78, 5) is 1.57. The van der Waals surface area contributed by atoms with Crippen molar-refractivity contribution in [3.05, 3.63) is 34.1 Å². The summed E-state index contributed by atoms with van der Waals surface area (Å²) >= 11 is 5.91. The minimum Gasteiger partial charge on any atom is -0.370 e. The predicted octanol–water partition coefficient (Wildman–Crippen LogP) is 1.69. The van der Waals surface area contributed by atoms with Gasteiger partial charge < -0.3 is 10.6 Å². The molecule has 0 aromatic heterocycles. The lowest BCUT2D eigenvalue weighted by Gasteiger charge is -2.13. The van der Waals surface area contributed by atoms with Gasteiger partial charge in [-0.2, -0.15) is 0 Å². The largest absolute Gasteiger partial charge is 0.370 e. The number of guanidine groups is 1. The Morgan fingerprint density at radius 2 is 2.07 bits per heavy atom. The molecular weight excluding hydrogens is 205 g/mol. The van der Waals surface area contributed by atoms with E-state index in [9.17, 15) is 4.39 Å². The van der Waals surface area contributed by atoms with E-state index in [4.69, 9.17) is 22.7 Å². The normalized spacial score (nSPS) is 14.3. The third-order valence-electron chi connectivity index (χ3n) is 2.36. The number of hydrogen-bond donors (Lipinski definition) is 2. The molecule has 1 aliphatic rings. The molecule has 0 fully saturated rings. The maximum Gasteiger partial charge on any atom is 0.188 e. The number of nitrogens with zero attached hydrogens (tertiary/aromatic N) is 1. The molecule has 3 nitrogen and oxygen atoms in total. The maximum atomic E-state index is 13.3. The van der Waals surface area contributed by atoms with Crippen LogP contribution in [0.4, 0.5) is 4.39 Å². The van der Waals surface area contributed by atoms with Crippen molar-refractivity contribution in [3.8, 4) is 0 Å². The Hall–Kier alpha value is -1.29. The Morgan fingerprint density at radius 1 is 1.43 bits per heavy atom. The Morgan fingerprint density at radius 3 is 2.64 bits per heavy atom. The smallest absolute Gasteiger partial charge is 0.188 e. The number of benzene rings is 1. The Labute approximate surface area is 85.8 Å². The molecule has 2 rings (SSSR count). The van der Waals surface area contributed by atoms with Crippen molar-refractivity contribution in [1.29, 1.82) is 5.41 Å². The second-order valence-corrected chi connectivity index (χ2v) is 3.63. The van der Waals surface area contributed by atoms with Gasteiger partial charge in [-0.15, -0.1) is 0 Å². The molecule has 0 saturated carbocycles. The Kier molecular flexibility index (Phi) is 2.07. The van der Waals surface area contributed by atoms with Crippen LogP contribution in [0.15, 0.2) is 12.1 Å². The molecule has 0 atom stereocenters. The fourth-order valence-corrected chi connectivity index (χ4v) is 1.82. The van der Waals surface area contributed by atoms with Gasteiger partial charge in [0.05, 0.1) is 0 Å². The summed E-state index contributed by atoms with van der Waals surface area (Å²) < 4.78 is 13.3. The van der Waals surface area contributed by atoms with Crippen molar-refractivity contribution in [2.75, 3.05) is 0 Å². The van der Waals surface area contributed by atoms with Crippen LogP contribution in [-0.4, -0.2) is 10.9 Å². The molecule has 3 N–H and O–H groups in total. The van der Waals surface area contributed by atoms with E-state index < -0.39 is 0 Å². The lowest BCUT2D eigenvalue weighted by Crippen LogP contribution is -2.31. The van der Waals surface area contributed by atoms with E-state index in [0.717, 1.165) is 5.56 Å². The third-order valence-corrected chi connectivity index (χ3v) is 2.71. The van der Waals surface area contributed by atoms with Crippen LogP contribution in [0.3, 0.4) is 0 Å². The SMILES string of the molecule is N=C(N)N1Cc2c(F)ccc(Cl)c2C1. The molecule has 14 heavy (non-hydrogen) atoms. The van der Waals surface area contributed by atoms with Crippen LogP contribution < -0.4 is 5.73 Å². The molecule has 1 aromatic carbocycles. The number of halogens is 2. The Bertz CT molecular complexity index is 374. The van der Waals surface area contributed by atoms with E-state index in [1.165, 1.54) is 12.1 Å². The van der Waals surface area contributed by atoms with Gasteiger partial charge in [0.2, 0.25) is 0 Å². The van der Waals surface area contributed by atoms with Crippen molar-refractivity contribution in [2.24, 2.45) is 5.73 Å². The molecule has 1 aromatic rings. The van der Waals surface area contributed by atoms with E-state index in [-0.39, 0.29) is 11.8 Å². The summed E-state index contributed by atoms with van der Waals surface area (Å²) in [5.41, 5.74) is 6.61. The van der Waals surface area contributed by atoms with Gasteiger partial charge in [0.15, 0.2) is 5.96 Å². The van der Waals surface area contributed by atoms with Gasteiger partial charge in [0, 0.05) is 23.7 Å². The maximum absolute atomic E-state index is 13.3. The fourth-order valence-electron chi connectivity index (χ4n) is 1.59. The quantitative estimate of drug-likeness (QED) is 0.509. The molecule has 1 aliphatic heterocycles. The monoisotopic (exact) mass is 213 g/mol. The first-order valence-corrected chi connectivity index (χ1v) is 4.52. The topological polar surface area (TPSA) is 53.1 Å². The Balaban J connectivity index is 2.43. The van der Waals surface area contributed by atoms with Crippen molar-refractivity contribution in [2.45, 2.75) is 13.1 Å². The minimum absolute atomic E-state index is 0.0586. The first-order valence-electron chi connectivity index (χ1n) is 4.14. The highest BCUT2D eigenvalue weighted by molar-refractivity contribution is 6.31. The molecule has 0 bridgehead atoms. The summed E-state index contributed by atoms with van der Waals surface area (Å²) in [7, 11) is 0. The number of rotatable bonds is 0. The van der Waals surface area contributed by atoms with Gasteiger partial charge in [-0.1, -0.05) is 11.6 Å². The average molecular weight is 214 g/mol. The molecule has 0 saturated heterocycles. The van der Waals surface area contributed by atoms with Crippen LogP contribution in [0.1, 0.15) is 11.1 Å². The van der Waals surface area contributed by atoms with E-state index >= 15 is 0 Å². The van der Waals surface area contributed by atoms with Crippen LogP contribution in [0.2, 0.25) is 5.02 Å². The fraction of sp³-hybridized carbons (Fsp3) is 0.222. The predicted molar refractivity (Wildman–Crippen MR) is 52.6 cm³/mol. The van der Waals surface area contributed by atoms with Crippen LogP contribution >= 0.6 is 11.6 Å². The highest BCUT2D eigenvalue weighted by Gasteiger charge is 2.24. The summed E-state index contributed by atoms with van der Waals surface area (Å²) in [5.74, 6) is -0.343. The molecule has 1 heterocycles. The summed E-state index contributed by atoms with van der Waals surface area (Å²) in [6.07, 6.45) is 0. The van der Waals surface area contributed by atoms with Crippen LogP contribution in [-0.2, 0) is 13.1 Å². The van der Waals surface area contributed by atoms with Crippen molar-refractivity contribution < 1.29 is 4.39 Å². The standard InChI is InChI=1S/C9H9ClFN3/c10-7-1-2-8(11)6-4-14(9(12)13)3-5(6)7/h1-2H,3-4H2,(H3,12,13). The van der Waals surface area contributed by atoms with Crippen LogP contribution in [0, 0.1) is 11.2 Å². The zero-order valence-electron chi connectivity index (χ0n) is 7.35. The van der Waals surface area contributed by atoms with Gasteiger partial charge in [-0.25, -0.2) is 4.39 Å². The first kappa shape index (κ1) is 9.27. The molecule has 5 heteroatoms. The third kappa shape index (κ3) is 1.32. The van der Waals surface area contributed by atoms with Gasteiger partial charge in [0.25, 0.3) is 0 Å². The lowest BCUT2D eigenvalue weighted by molar-refractivity contribution is 0.433. The van der Waals surface area contributed by atoms with E-state index in [2.05, 4.69) is 0 Å². The molecular formula is C9H9ClFN3. The number of hydrogen-bond acceptors (Lipinski definition) is 1. The molecule has 0 aliphatic carbocycles. The second-order valence-electron chi connectivity index (χ2n) is 3.23. The summed E-state index contributed by atoms with van der Waals surface area (Å²) in [6.45, 7) is 0.748. The van der Waals surface area contributed by atoms with Crippen molar-refractivity contribution >= 4 is 17.6 Å². The van der Waals surface area contributed by atoms with Crippen molar-refractivity contribution in [3.63, 3.8) is 0 Å². The van der Waals surface area contributed by atoms with E-state index in [0.29, 0.717) is 23.7 Å². The minimum atomic E-state index is -0.284. The molecule has 0 amide bonds. The van der Waals surface area contributed by atoms with Crippen LogP contribution in [0.5, 0.6) is 0 Å². The van der Waals surface area contributed by atoms with Gasteiger partial charge in [0.1, 0.15) is 5.82 Å². The number of nitrogens with two attached hydrogens (primary N) is 1. The highest BCUT2D eigenvalue weighted by atomic mass is 35.5. The molecule has 0 spiro atoms. The zero-order valence-corrected chi connectivity index (χ0v) is 8.11. The van der Waals surface area contributed by atoms with Gasteiger partial charge in [-0.3, -0.25) is 5.41 Å². The van der Waals surface area contributed by atoms with Crippen molar-refractivity contribution in [1.82, 2.24) is 4.90 Å². The van der Waals surface area contributed by atoms with Crippen LogP contribution in [0.25, 0.3) is 0 Å². The van der Waals surface area contributed by atoms with Gasteiger partial charge in [-0.05, 0) is 17.7 Å². The summed E-state index contributed by atoms with van der Waals surface area (Å²) in [6, 6.07) is 2.87. The average Bonchev–Trinajstić information content (AvgIpc) is 2.57. The second kappa shape index (κ2) is 3.13. The number of nitrogens with one attached hydrogen (secondary N) is 1. The highest BCUT2D eigenvalue weighted by Crippen LogP contribution is 2.30. The number of fused-ring (bicyclic) bond motifs is 1. The van der Waals surface area contributed by atoms with E-state index in [1.54, 1.807) is 4.90 Å². The lowest BCUT2D eigenvalue weighted by atomic mass is 10.1. The molecule has 74 valence electrons. The zero-order chi connectivity index (χ0) is 10.3. The van der Waals surface area contributed by atoms with E-state index in [1.807, 2.05) is 0 Å². The molecule has 0 radical (unpaired) electrons. The van der Waals surface area contributed by atoms with Gasteiger partial charge >= 0.3 is 0 Å². The first-order chi connectivity index (χ1) is 6.59. The molecule has 0 unspecified atom stereocenters. The summed E-state index contributed by atoms with van der Waals surface area (Å²) in [5, 5.41) is 7.78.